The van der Waals surface area contributed by atoms with Crippen LogP contribution in [0.2, 0.25) is 0 Å². The molecule has 2 aliphatic carbocycles. The predicted molar refractivity (Wildman–Crippen MR) is 110 cm³/mol. The predicted octanol–water partition coefficient (Wildman–Crippen LogP) is 4.05. The largest absolute Gasteiger partial charge is 0.508 e. The molecule has 6 heteroatoms. The Kier molecular flexibility index (Phi) is 4.65. The number of hydrogen-bond donors (Lipinski definition) is 3. The first-order valence-corrected chi connectivity index (χ1v) is 9.28. The number of ketones is 1. The van der Waals surface area contributed by atoms with Gasteiger partial charge in [-0.2, -0.15) is 0 Å². The minimum Gasteiger partial charge on any atom is -0.508 e. The van der Waals surface area contributed by atoms with Gasteiger partial charge in [0.05, 0.1) is 16.8 Å². The first kappa shape index (κ1) is 18.3. The summed E-state index contributed by atoms with van der Waals surface area (Å²) in [5.41, 5.74) is 5.39. The summed E-state index contributed by atoms with van der Waals surface area (Å²) in [6.07, 6.45) is 5.55. The molecule has 28 heavy (non-hydrogen) atoms. The molecule has 0 heterocycles. The molecule has 2 aromatic carbocycles. The zero-order valence-electron chi connectivity index (χ0n) is 14.7. The highest BCUT2D eigenvalue weighted by atomic mass is 32.1. The molecule has 0 amide bonds. The van der Waals surface area contributed by atoms with Crippen LogP contribution in [0.5, 0.6) is 5.75 Å². The van der Waals surface area contributed by atoms with Crippen LogP contribution >= 0.6 is 12.6 Å². The van der Waals surface area contributed by atoms with E-state index in [1.807, 2.05) is 12.1 Å². The van der Waals surface area contributed by atoms with Crippen molar-refractivity contribution < 1.29 is 19.8 Å². The molecule has 140 valence electrons. The number of hydrogen-bond acceptors (Lipinski definition) is 4. The Morgan fingerprint density at radius 1 is 1.18 bits per heavy atom. The van der Waals surface area contributed by atoms with E-state index < -0.39 is 5.97 Å². The molecule has 2 N–H and O–H groups in total. The van der Waals surface area contributed by atoms with Gasteiger partial charge in [-0.15, -0.1) is 12.6 Å². The number of carbonyl (C=O) groups is 2. The van der Waals surface area contributed by atoms with Crippen molar-refractivity contribution in [1.29, 1.82) is 0 Å². The lowest BCUT2D eigenvalue weighted by molar-refractivity contribution is -0.110. The van der Waals surface area contributed by atoms with Gasteiger partial charge in [0.2, 0.25) is 0 Å². The van der Waals surface area contributed by atoms with Crippen LogP contribution in [0.4, 0.5) is 5.69 Å². The van der Waals surface area contributed by atoms with Crippen molar-refractivity contribution >= 4 is 35.6 Å². The maximum absolute atomic E-state index is 12.0. The normalized spacial score (nSPS) is 20.6. The molecule has 2 aromatic rings. The first-order chi connectivity index (χ1) is 13.5. The maximum Gasteiger partial charge on any atom is 0.336 e. The second-order valence-electron chi connectivity index (χ2n) is 6.87. The van der Waals surface area contributed by atoms with Gasteiger partial charge in [-0.25, -0.2) is 4.79 Å². The van der Waals surface area contributed by atoms with Crippen LogP contribution in [0.15, 0.2) is 65.2 Å². The van der Waals surface area contributed by atoms with Crippen molar-refractivity contribution in [2.24, 2.45) is 10.9 Å². The molecule has 0 aromatic heterocycles. The van der Waals surface area contributed by atoms with E-state index in [0.717, 1.165) is 16.7 Å². The lowest BCUT2D eigenvalue weighted by Crippen LogP contribution is -2.26. The fourth-order valence-corrected chi connectivity index (χ4v) is 4.25. The van der Waals surface area contributed by atoms with Crippen LogP contribution in [0, 0.1) is 5.92 Å². The highest BCUT2D eigenvalue weighted by Crippen LogP contribution is 2.47. The van der Waals surface area contributed by atoms with Crippen LogP contribution in [0.25, 0.3) is 0 Å². The number of rotatable bonds is 3. The van der Waals surface area contributed by atoms with E-state index in [1.54, 1.807) is 30.3 Å². The average molecular weight is 391 g/mol. The zero-order valence-corrected chi connectivity index (χ0v) is 15.6. The number of carbonyl (C=O) groups excluding carboxylic acids is 1. The Morgan fingerprint density at radius 3 is 2.71 bits per heavy atom. The summed E-state index contributed by atoms with van der Waals surface area (Å²) in [6, 6.07) is 10.2. The Balaban J connectivity index is 1.95. The van der Waals surface area contributed by atoms with Gasteiger partial charge < -0.3 is 10.2 Å². The molecule has 2 atom stereocenters. The third kappa shape index (κ3) is 3.16. The SMILES string of the molecule is O=C1C=CC2C(=C1)Cc1cc(O)ccc1C2c1ccc(N=CS)cc1C(=O)O. The Labute approximate surface area is 167 Å². The molecular formula is C22H17NO4S. The summed E-state index contributed by atoms with van der Waals surface area (Å²) in [5.74, 6) is -1.37. The molecule has 2 aliphatic rings. The molecule has 5 nitrogen and oxygen atoms in total. The van der Waals surface area contributed by atoms with Gasteiger partial charge in [-0.05, 0) is 59.5 Å². The Hall–Kier alpha value is -3.12. The minimum absolute atomic E-state index is 0.0782. The van der Waals surface area contributed by atoms with Gasteiger partial charge in [0.25, 0.3) is 0 Å². The van der Waals surface area contributed by atoms with Gasteiger partial charge in [0.15, 0.2) is 5.78 Å². The highest BCUT2D eigenvalue weighted by Gasteiger charge is 2.36. The molecule has 0 aliphatic heterocycles. The summed E-state index contributed by atoms with van der Waals surface area (Å²) in [6.45, 7) is 0. The molecular weight excluding hydrogens is 374 g/mol. The summed E-state index contributed by atoms with van der Waals surface area (Å²) < 4.78 is 0. The van der Waals surface area contributed by atoms with E-state index in [2.05, 4.69) is 17.6 Å². The highest BCUT2D eigenvalue weighted by molar-refractivity contribution is 7.94. The molecule has 0 saturated heterocycles. The summed E-state index contributed by atoms with van der Waals surface area (Å²) in [7, 11) is 0. The van der Waals surface area contributed by atoms with E-state index in [1.165, 1.54) is 17.7 Å². The van der Waals surface area contributed by atoms with Crippen LogP contribution in [-0.2, 0) is 11.2 Å². The monoisotopic (exact) mass is 391 g/mol. The molecule has 2 unspecified atom stereocenters. The number of benzene rings is 2. The Morgan fingerprint density at radius 2 is 1.96 bits per heavy atom. The van der Waals surface area contributed by atoms with Gasteiger partial charge in [0, 0.05) is 11.8 Å². The third-order valence-corrected chi connectivity index (χ3v) is 5.36. The van der Waals surface area contributed by atoms with E-state index in [-0.39, 0.29) is 28.9 Å². The second-order valence-corrected chi connectivity index (χ2v) is 7.10. The number of fused-ring (bicyclic) bond motifs is 2. The van der Waals surface area contributed by atoms with Crippen molar-refractivity contribution in [1.82, 2.24) is 0 Å². The smallest absolute Gasteiger partial charge is 0.336 e. The number of aromatic carboxylic acids is 1. The summed E-state index contributed by atoms with van der Waals surface area (Å²) in [4.78, 5) is 28.0. The van der Waals surface area contributed by atoms with Crippen LogP contribution < -0.4 is 0 Å². The number of nitrogens with zero attached hydrogens (tertiary/aromatic N) is 1. The maximum atomic E-state index is 12.0. The standard InChI is InChI=1S/C22H17NO4S/c24-15-2-5-17-12(8-15)7-13-9-16(25)3-6-18(13)21(17)19-4-1-14(23-11-28)10-20(19)22(26)27/h1-6,8-11,17,21,25H,7H2,(H,23,28)(H,26,27). The third-order valence-electron chi connectivity index (χ3n) is 5.25. The van der Waals surface area contributed by atoms with E-state index >= 15 is 0 Å². The van der Waals surface area contributed by atoms with E-state index in [4.69, 9.17) is 0 Å². The number of phenolic OH excluding ortho intramolecular Hbond substituents is 1. The first-order valence-electron chi connectivity index (χ1n) is 8.76. The number of allylic oxidation sites excluding steroid dienone is 4. The molecule has 0 saturated carbocycles. The van der Waals surface area contributed by atoms with Crippen LogP contribution in [-0.4, -0.2) is 27.5 Å². The van der Waals surface area contributed by atoms with Crippen molar-refractivity contribution in [3.05, 3.63) is 82.5 Å². The molecule has 0 fully saturated rings. The van der Waals surface area contributed by atoms with Crippen molar-refractivity contribution in [3.63, 3.8) is 0 Å². The van der Waals surface area contributed by atoms with Gasteiger partial charge in [-0.1, -0.05) is 23.8 Å². The van der Waals surface area contributed by atoms with Crippen molar-refractivity contribution in [3.8, 4) is 5.75 Å². The summed E-state index contributed by atoms with van der Waals surface area (Å²) in [5, 5.41) is 19.7. The van der Waals surface area contributed by atoms with Gasteiger partial charge >= 0.3 is 5.97 Å². The number of phenols is 1. The molecule has 0 bridgehead atoms. The molecule has 4 rings (SSSR count). The van der Waals surface area contributed by atoms with Gasteiger partial charge in [0.1, 0.15) is 5.75 Å². The lowest BCUT2D eigenvalue weighted by atomic mass is 9.67. The quantitative estimate of drug-likeness (QED) is 0.419. The van der Waals surface area contributed by atoms with E-state index in [9.17, 15) is 19.8 Å². The molecule has 0 spiro atoms. The Bertz CT molecular complexity index is 1080. The van der Waals surface area contributed by atoms with E-state index in [0.29, 0.717) is 17.7 Å². The molecule has 0 radical (unpaired) electrons. The summed E-state index contributed by atoms with van der Waals surface area (Å²) >= 11 is 3.95. The van der Waals surface area contributed by atoms with Crippen molar-refractivity contribution in [2.45, 2.75) is 12.3 Å². The lowest BCUT2D eigenvalue weighted by Gasteiger charge is -2.36. The number of carboxylic acid groups (broad SMARTS) is 1. The van der Waals surface area contributed by atoms with Crippen molar-refractivity contribution in [2.75, 3.05) is 0 Å². The van der Waals surface area contributed by atoms with Crippen LogP contribution in [0.3, 0.4) is 0 Å². The number of carboxylic acids is 1. The van der Waals surface area contributed by atoms with Gasteiger partial charge in [-0.3, -0.25) is 9.79 Å². The fraction of sp³-hybridized carbons (Fsp3) is 0.136. The number of aliphatic imine (C=N–C) groups is 1. The average Bonchev–Trinajstić information content (AvgIpc) is 2.66. The topological polar surface area (TPSA) is 87.0 Å². The number of thiol groups is 1. The minimum atomic E-state index is -1.04. The second kappa shape index (κ2) is 7.13. The van der Waals surface area contributed by atoms with Crippen LogP contribution in [0.1, 0.15) is 33.0 Å². The zero-order chi connectivity index (χ0) is 19.8. The number of aromatic hydroxyl groups is 1. The fourth-order valence-electron chi connectivity index (χ4n) is 4.11.